The molecule has 2 aromatic rings. The van der Waals surface area contributed by atoms with Crippen molar-refractivity contribution in [3.63, 3.8) is 0 Å². The van der Waals surface area contributed by atoms with E-state index in [-0.39, 0.29) is 11.2 Å². The maximum Gasteiger partial charge on any atom is 0.237 e. The van der Waals surface area contributed by atoms with Gasteiger partial charge in [-0.25, -0.2) is 4.98 Å². The van der Waals surface area contributed by atoms with Crippen LogP contribution in [-0.4, -0.2) is 26.3 Å². The van der Waals surface area contributed by atoms with Gasteiger partial charge in [-0.1, -0.05) is 55.6 Å². The fraction of sp³-hybridized carbons (Fsp3) is 0.500. The van der Waals surface area contributed by atoms with Crippen LogP contribution in [0.3, 0.4) is 0 Å². The number of hydrogen-bond acceptors (Lipinski definition) is 4. The summed E-state index contributed by atoms with van der Waals surface area (Å²) in [6.07, 6.45) is 6.21. The number of H-pyrrole nitrogens is 1. The molecule has 0 unspecified atom stereocenters. The molecule has 1 aliphatic carbocycles. The number of carbonyl (C=O) groups excluding carboxylic acids is 1. The number of aromatic nitrogens is 3. The first-order valence-electron chi connectivity index (χ1n) is 8.56. The molecule has 2 N–H and O–H groups in total. The van der Waals surface area contributed by atoms with Crippen LogP contribution in [0.5, 0.6) is 0 Å². The summed E-state index contributed by atoms with van der Waals surface area (Å²) in [4.78, 5) is 16.9. The molecule has 128 valence electrons. The van der Waals surface area contributed by atoms with E-state index in [1.54, 1.807) is 0 Å². The number of anilines is 1. The predicted octanol–water partition coefficient (Wildman–Crippen LogP) is 3.97. The second-order valence-corrected chi connectivity index (χ2v) is 7.79. The van der Waals surface area contributed by atoms with Crippen LogP contribution < -0.4 is 5.32 Å². The van der Waals surface area contributed by atoms with Crippen LogP contribution in [0.4, 0.5) is 5.69 Å². The van der Waals surface area contributed by atoms with Gasteiger partial charge in [0.1, 0.15) is 5.82 Å². The molecule has 0 bridgehead atoms. The minimum absolute atomic E-state index is 0.0311. The van der Waals surface area contributed by atoms with Gasteiger partial charge in [-0.2, -0.15) is 0 Å². The molecule has 1 heterocycles. The van der Waals surface area contributed by atoms with Gasteiger partial charge in [-0.05, 0) is 31.4 Å². The third kappa shape index (κ3) is 4.38. The van der Waals surface area contributed by atoms with Crippen molar-refractivity contribution in [1.29, 1.82) is 0 Å². The Kier molecular flexibility index (Phi) is 5.56. The number of nitrogens with one attached hydrogen (secondary N) is 2. The fourth-order valence-electron chi connectivity index (χ4n) is 3.07. The Balaban J connectivity index is 1.54. The van der Waals surface area contributed by atoms with E-state index < -0.39 is 0 Å². The summed E-state index contributed by atoms with van der Waals surface area (Å²) in [5.41, 5.74) is 1.91. The molecular weight excluding hydrogens is 320 g/mol. The van der Waals surface area contributed by atoms with E-state index >= 15 is 0 Å². The van der Waals surface area contributed by atoms with Gasteiger partial charge in [0.15, 0.2) is 0 Å². The summed E-state index contributed by atoms with van der Waals surface area (Å²) in [6.45, 7) is 3.86. The smallest absolute Gasteiger partial charge is 0.237 e. The molecule has 1 aliphatic rings. The Morgan fingerprint density at radius 2 is 2.12 bits per heavy atom. The lowest BCUT2D eigenvalue weighted by Crippen LogP contribution is -2.22. The first kappa shape index (κ1) is 17.0. The summed E-state index contributed by atoms with van der Waals surface area (Å²) in [5.74, 6) is 1.64. The first-order valence-corrected chi connectivity index (χ1v) is 9.44. The summed E-state index contributed by atoms with van der Waals surface area (Å²) in [6, 6.07) is 7.78. The average Bonchev–Trinajstić information content (AvgIpc) is 3.22. The SMILES string of the molecule is Cc1ccccc1NC(=O)[C@H](C)Sc1n[nH]c(CC2CCCC2)n1. The van der Waals surface area contributed by atoms with Crippen molar-refractivity contribution < 1.29 is 4.79 Å². The maximum absolute atomic E-state index is 12.4. The summed E-state index contributed by atoms with van der Waals surface area (Å²) >= 11 is 1.39. The first-order chi connectivity index (χ1) is 11.6. The molecule has 3 rings (SSSR count). The number of rotatable bonds is 6. The molecule has 5 nitrogen and oxygen atoms in total. The van der Waals surface area contributed by atoms with E-state index in [0.29, 0.717) is 5.16 Å². The molecular formula is C18H24N4OS. The quantitative estimate of drug-likeness (QED) is 0.778. The number of nitrogens with zero attached hydrogens (tertiary/aromatic N) is 2. The van der Waals surface area contributed by atoms with Crippen LogP contribution in [-0.2, 0) is 11.2 Å². The van der Waals surface area contributed by atoms with Crippen LogP contribution in [0.15, 0.2) is 29.4 Å². The van der Waals surface area contributed by atoms with Gasteiger partial charge in [0.2, 0.25) is 11.1 Å². The van der Waals surface area contributed by atoms with E-state index in [4.69, 9.17) is 0 Å². The van der Waals surface area contributed by atoms with Crippen LogP contribution in [0.2, 0.25) is 0 Å². The second kappa shape index (κ2) is 7.83. The maximum atomic E-state index is 12.4. The van der Waals surface area contributed by atoms with Gasteiger partial charge >= 0.3 is 0 Å². The van der Waals surface area contributed by atoms with Crippen molar-refractivity contribution in [2.24, 2.45) is 5.92 Å². The number of aryl methyl sites for hydroxylation is 1. The van der Waals surface area contributed by atoms with Crippen LogP contribution in [0.25, 0.3) is 0 Å². The molecule has 0 saturated heterocycles. The molecule has 6 heteroatoms. The van der Waals surface area contributed by atoms with E-state index in [1.165, 1.54) is 37.4 Å². The van der Waals surface area contributed by atoms with Gasteiger partial charge in [0, 0.05) is 12.1 Å². The largest absolute Gasteiger partial charge is 0.325 e. The highest BCUT2D eigenvalue weighted by molar-refractivity contribution is 8.00. The molecule has 1 amide bonds. The van der Waals surface area contributed by atoms with Crippen LogP contribution in [0.1, 0.15) is 44.0 Å². The third-order valence-electron chi connectivity index (χ3n) is 4.52. The monoisotopic (exact) mass is 344 g/mol. The topological polar surface area (TPSA) is 70.7 Å². The third-order valence-corrected chi connectivity index (χ3v) is 5.48. The van der Waals surface area contributed by atoms with Crippen molar-refractivity contribution in [3.05, 3.63) is 35.7 Å². The summed E-state index contributed by atoms with van der Waals surface area (Å²) in [5, 5.41) is 10.6. The summed E-state index contributed by atoms with van der Waals surface area (Å²) in [7, 11) is 0. The van der Waals surface area contributed by atoms with Gasteiger partial charge in [-0.15, -0.1) is 5.10 Å². The van der Waals surface area contributed by atoms with Crippen molar-refractivity contribution in [2.45, 2.75) is 56.4 Å². The zero-order valence-electron chi connectivity index (χ0n) is 14.2. The minimum atomic E-state index is -0.250. The number of hydrogen-bond donors (Lipinski definition) is 2. The highest BCUT2D eigenvalue weighted by Gasteiger charge is 2.20. The van der Waals surface area contributed by atoms with Gasteiger partial charge in [0.25, 0.3) is 0 Å². The predicted molar refractivity (Wildman–Crippen MR) is 97.2 cm³/mol. The van der Waals surface area contributed by atoms with E-state index in [2.05, 4.69) is 20.5 Å². The number of carbonyl (C=O) groups is 1. The van der Waals surface area contributed by atoms with Crippen molar-refractivity contribution in [3.8, 4) is 0 Å². The van der Waals surface area contributed by atoms with Gasteiger partial charge in [0.05, 0.1) is 5.25 Å². The zero-order valence-corrected chi connectivity index (χ0v) is 15.0. The molecule has 1 aromatic heterocycles. The Labute approximate surface area is 147 Å². The molecule has 1 aromatic carbocycles. The lowest BCUT2D eigenvalue weighted by molar-refractivity contribution is -0.115. The second-order valence-electron chi connectivity index (χ2n) is 6.48. The van der Waals surface area contributed by atoms with Crippen LogP contribution in [0, 0.1) is 12.8 Å². The van der Waals surface area contributed by atoms with E-state index in [9.17, 15) is 4.79 Å². The molecule has 0 radical (unpaired) electrons. The highest BCUT2D eigenvalue weighted by atomic mass is 32.2. The number of amides is 1. The lowest BCUT2D eigenvalue weighted by Gasteiger charge is -2.11. The zero-order chi connectivity index (χ0) is 16.9. The molecule has 1 fully saturated rings. The molecule has 1 saturated carbocycles. The average molecular weight is 344 g/mol. The number of aromatic amines is 1. The fourth-order valence-corrected chi connectivity index (χ4v) is 3.81. The molecule has 24 heavy (non-hydrogen) atoms. The van der Waals surface area contributed by atoms with E-state index in [0.717, 1.165) is 29.4 Å². The number of para-hydroxylation sites is 1. The number of thioether (sulfide) groups is 1. The van der Waals surface area contributed by atoms with Gasteiger partial charge in [-0.3, -0.25) is 9.89 Å². The summed E-state index contributed by atoms with van der Waals surface area (Å²) < 4.78 is 0. The highest BCUT2D eigenvalue weighted by Crippen LogP contribution is 2.28. The minimum Gasteiger partial charge on any atom is -0.325 e. The normalized spacial score (nSPS) is 16.2. The van der Waals surface area contributed by atoms with Crippen LogP contribution >= 0.6 is 11.8 Å². The Bertz CT molecular complexity index is 694. The van der Waals surface area contributed by atoms with Gasteiger partial charge < -0.3 is 5.32 Å². The van der Waals surface area contributed by atoms with Crippen molar-refractivity contribution in [1.82, 2.24) is 15.2 Å². The molecule has 0 aliphatic heterocycles. The Hall–Kier alpha value is -1.82. The van der Waals surface area contributed by atoms with E-state index in [1.807, 2.05) is 38.1 Å². The Morgan fingerprint density at radius 3 is 2.88 bits per heavy atom. The lowest BCUT2D eigenvalue weighted by atomic mass is 10.0. The number of benzene rings is 1. The van der Waals surface area contributed by atoms with Crippen molar-refractivity contribution >= 4 is 23.4 Å². The standard InChI is InChI=1S/C18H24N4OS/c1-12-7-3-6-10-15(12)19-17(23)13(2)24-18-20-16(21-22-18)11-14-8-4-5-9-14/h3,6-7,10,13-14H,4-5,8-9,11H2,1-2H3,(H,19,23)(H,20,21,22)/t13-/m0/s1. The molecule has 0 spiro atoms. The Morgan fingerprint density at radius 1 is 1.38 bits per heavy atom. The molecule has 1 atom stereocenters. The van der Waals surface area contributed by atoms with Crippen molar-refractivity contribution in [2.75, 3.05) is 5.32 Å².